The maximum Gasteiger partial charge on any atom is 0.133 e. The van der Waals surface area contributed by atoms with Crippen molar-refractivity contribution in [1.29, 1.82) is 0 Å². The standard InChI is InChI=1S/C16H24BrNO2/c1-19-9-8-18-12-16(6-3-7-16)11-13-4-5-15(20-2)14(17)10-13/h4-5,10,18H,3,6-9,11-12H2,1-2H3. The van der Waals surface area contributed by atoms with Crippen LogP contribution in [-0.2, 0) is 11.2 Å². The topological polar surface area (TPSA) is 30.5 Å². The van der Waals surface area contributed by atoms with Gasteiger partial charge < -0.3 is 14.8 Å². The zero-order valence-electron chi connectivity index (χ0n) is 12.4. The highest BCUT2D eigenvalue weighted by Crippen LogP contribution is 2.43. The monoisotopic (exact) mass is 341 g/mol. The Hall–Kier alpha value is -0.580. The van der Waals surface area contributed by atoms with Gasteiger partial charge in [0.05, 0.1) is 18.2 Å². The van der Waals surface area contributed by atoms with E-state index < -0.39 is 0 Å². The summed E-state index contributed by atoms with van der Waals surface area (Å²) in [6.45, 7) is 2.80. The van der Waals surface area contributed by atoms with Crippen LogP contribution in [0.1, 0.15) is 24.8 Å². The van der Waals surface area contributed by atoms with Crippen molar-refractivity contribution in [2.24, 2.45) is 5.41 Å². The van der Waals surface area contributed by atoms with Crippen molar-refractivity contribution in [3.63, 3.8) is 0 Å². The van der Waals surface area contributed by atoms with Crippen molar-refractivity contribution in [1.82, 2.24) is 5.32 Å². The maximum atomic E-state index is 5.29. The fourth-order valence-corrected chi connectivity index (χ4v) is 3.46. The largest absolute Gasteiger partial charge is 0.496 e. The molecule has 3 nitrogen and oxygen atoms in total. The first-order chi connectivity index (χ1) is 9.69. The molecule has 1 saturated carbocycles. The second-order valence-electron chi connectivity index (χ2n) is 5.67. The molecule has 20 heavy (non-hydrogen) atoms. The lowest BCUT2D eigenvalue weighted by Crippen LogP contribution is -2.42. The van der Waals surface area contributed by atoms with Crippen LogP contribution in [0.5, 0.6) is 5.75 Å². The molecule has 1 N–H and O–H groups in total. The molecule has 0 spiro atoms. The zero-order valence-corrected chi connectivity index (χ0v) is 14.0. The van der Waals surface area contributed by atoms with Crippen molar-refractivity contribution < 1.29 is 9.47 Å². The number of ether oxygens (including phenoxy) is 2. The molecule has 1 aliphatic carbocycles. The van der Waals surface area contributed by atoms with Crippen LogP contribution in [-0.4, -0.2) is 33.9 Å². The predicted molar refractivity (Wildman–Crippen MR) is 85.4 cm³/mol. The summed E-state index contributed by atoms with van der Waals surface area (Å²) in [5.74, 6) is 0.898. The van der Waals surface area contributed by atoms with Crippen molar-refractivity contribution in [3.8, 4) is 5.75 Å². The molecule has 0 aliphatic heterocycles. The molecule has 1 aromatic rings. The van der Waals surface area contributed by atoms with Gasteiger partial charge in [-0.25, -0.2) is 0 Å². The molecular weight excluding hydrogens is 318 g/mol. The number of methoxy groups -OCH3 is 2. The van der Waals surface area contributed by atoms with Crippen molar-refractivity contribution in [3.05, 3.63) is 28.2 Å². The molecule has 1 aliphatic rings. The summed E-state index contributed by atoms with van der Waals surface area (Å²) in [7, 11) is 3.45. The molecule has 0 heterocycles. The van der Waals surface area contributed by atoms with Crippen LogP contribution < -0.4 is 10.1 Å². The number of hydrogen-bond acceptors (Lipinski definition) is 3. The Morgan fingerprint density at radius 1 is 1.30 bits per heavy atom. The third kappa shape index (κ3) is 3.96. The summed E-state index contributed by atoms with van der Waals surface area (Å²) in [6, 6.07) is 6.41. The Kier molecular flexibility index (Phi) is 5.87. The number of hydrogen-bond donors (Lipinski definition) is 1. The maximum absolute atomic E-state index is 5.29. The van der Waals surface area contributed by atoms with Crippen LogP contribution in [0.25, 0.3) is 0 Å². The zero-order chi connectivity index (χ0) is 14.4. The van der Waals surface area contributed by atoms with Gasteiger partial charge in [-0.2, -0.15) is 0 Å². The smallest absolute Gasteiger partial charge is 0.133 e. The lowest BCUT2D eigenvalue weighted by Gasteiger charge is -2.42. The highest BCUT2D eigenvalue weighted by molar-refractivity contribution is 9.10. The first-order valence-electron chi connectivity index (χ1n) is 7.21. The quantitative estimate of drug-likeness (QED) is 0.735. The minimum absolute atomic E-state index is 0.432. The Balaban J connectivity index is 1.93. The van der Waals surface area contributed by atoms with E-state index in [4.69, 9.17) is 9.47 Å². The molecule has 2 rings (SSSR count). The summed E-state index contributed by atoms with van der Waals surface area (Å²) >= 11 is 3.57. The summed E-state index contributed by atoms with van der Waals surface area (Å²) < 4.78 is 11.4. The average molecular weight is 342 g/mol. The van der Waals surface area contributed by atoms with Crippen LogP contribution >= 0.6 is 15.9 Å². The normalized spacial score (nSPS) is 16.8. The average Bonchev–Trinajstić information content (AvgIpc) is 2.40. The van der Waals surface area contributed by atoms with Crippen LogP contribution in [0.2, 0.25) is 0 Å². The van der Waals surface area contributed by atoms with Gasteiger partial charge in [0.25, 0.3) is 0 Å². The van der Waals surface area contributed by atoms with E-state index in [1.54, 1.807) is 14.2 Å². The highest BCUT2D eigenvalue weighted by atomic mass is 79.9. The van der Waals surface area contributed by atoms with Crippen molar-refractivity contribution in [2.75, 3.05) is 33.9 Å². The summed E-state index contributed by atoms with van der Waals surface area (Å²) in [5.41, 5.74) is 1.81. The molecule has 1 fully saturated rings. The second kappa shape index (κ2) is 7.43. The third-order valence-electron chi connectivity index (χ3n) is 4.19. The SMILES string of the molecule is COCCNCC1(Cc2ccc(OC)c(Br)c2)CCC1. The van der Waals surface area contributed by atoms with E-state index in [0.717, 1.165) is 36.3 Å². The first-order valence-corrected chi connectivity index (χ1v) is 8.00. The predicted octanol–water partition coefficient (Wildman–Crippen LogP) is 3.41. The molecule has 1 aromatic carbocycles. The molecule has 0 atom stereocenters. The van der Waals surface area contributed by atoms with E-state index in [9.17, 15) is 0 Å². The lowest BCUT2D eigenvalue weighted by molar-refractivity contribution is 0.123. The van der Waals surface area contributed by atoms with Gasteiger partial charge in [-0.05, 0) is 58.3 Å². The molecule has 0 unspecified atom stereocenters. The van der Waals surface area contributed by atoms with Crippen molar-refractivity contribution in [2.45, 2.75) is 25.7 Å². The summed E-state index contributed by atoms with van der Waals surface area (Å²) in [5, 5.41) is 3.53. The number of benzene rings is 1. The van der Waals surface area contributed by atoms with E-state index in [1.807, 2.05) is 6.07 Å². The van der Waals surface area contributed by atoms with Crippen LogP contribution in [0.4, 0.5) is 0 Å². The molecule has 0 radical (unpaired) electrons. The molecule has 4 heteroatoms. The van der Waals surface area contributed by atoms with E-state index >= 15 is 0 Å². The molecule has 0 amide bonds. The Labute approximate surface area is 130 Å². The second-order valence-corrected chi connectivity index (χ2v) is 6.52. The number of rotatable bonds is 8. The molecular formula is C16H24BrNO2. The number of nitrogens with one attached hydrogen (secondary N) is 1. The Bertz CT molecular complexity index is 432. The summed E-state index contributed by atoms with van der Waals surface area (Å²) in [4.78, 5) is 0. The van der Waals surface area contributed by atoms with Gasteiger partial charge in [-0.1, -0.05) is 12.5 Å². The summed E-state index contributed by atoms with van der Waals surface area (Å²) in [6.07, 6.45) is 5.12. The first kappa shape index (κ1) is 15.8. The molecule has 0 aromatic heterocycles. The minimum atomic E-state index is 0.432. The van der Waals surface area contributed by atoms with Gasteiger partial charge in [0.1, 0.15) is 5.75 Å². The van der Waals surface area contributed by atoms with Gasteiger partial charge in [-0.15, -0.1) is 0 Å². The van der Waals surface area contributed by atoms with E-state index in [0.29, 0.717) is 5.41 Å². The van der Waals surface area contributed by atoms with Crippen molar-refractivity contribution >= 4 is 15.9 Å². The fourth-order valence-electron chi connectivity index (χ4n) is 2.87. The van der Waals surface area contributed by atoms with Gasteiger partial charge in [0.15, 0.2) is 0 Å². The van der Waals surface area contributed by atoms with Gasteiger partial charge in [0, 0.05) is 20.2 Å². The van der Waals surface area contributed by atoms with Crippen LogP contribution in [0.15, 0.2) is 22.7 Å². The Morgan fingerprint density at radius 3 is 2.65 bits per heavy atom. The van der Waals surface area contributed by atoms with Gasteiger partial charge >= 0.3 is 0 Å². The van der Waals surface area contributed by atoms with E-state index in [2.05, 4.69) is 33.4 Å². The molecule has 0 bridgehead atoms. The Morgan fingerprint density at radius 2 is 2.10 bits per heavy atom. The lowest BCUT2D eigenvalue weighted by atomic mass is 9.65. The molecule has 112 valence electrons. The van der Waals surface area contributed by atoms with E-state index in [-0.39, 0.29) is 0 Å². The van der Waals surface area contributed by atoms with Crippen LogP contribution in [0.3, 0.4) is 0 Å². The number of halogens is 1. The molecule has 0 saturated heterocycles. The highest BCUT2D eigenvalue weighted by Gasteiger charge is 2.36. The van der Waals surface area contributed by atoms with Gasteiger partial charge in [0.2, 0.25) is 0 Å². The van der Waals surface area contributed by atoms with Crippen LogP contribution in [0, 0.1) is 5.41 Å². The third-order valence-corrected chi connectivity index (χ3v) is 4.81. The minimum Gasteiger partial charge on any atom is -0.496 e. The van der Waals surface area contributed by atoms with E-state index in [1.165, 1.54) is 24.8 Å². The fraction of sp³-hybridized carbons (Fsp3) is 0.625. The van der Waals surface area contributed by atoms with Gasteiger partial charge in [-0.3, -0.25) is 0 Å².